The lowest BCUT2D eigenvalue weighted by atomic mass is 9.94. The fourth-order valence-corrected chi connectivity index (χ4v) is 3.55. The lowest BCUT2D eigenvalue weighted by molar-refractivity contribution is -0.132. The molecule has 3 rings (SSSR count). The van der Waals surface area contributed by atoms with Crippen molar-refractivity contribution in [1.82, 2.24) is 15.1 Å². The number of thiophene rings is 1. The van der Waals surface area contributed by atoms with E-state index in [1.165, 1.54) is 19.3 Å². The summed E-state index contributed by atoms with van der Waals surface area (Å²) < 4.78 is 5.62. The highest BCUT2D eigenvalue weighted by molar-refractivity contribution is 7.08. The van der Waals surface area contributed by atoms with Crippen LogP contribution in [0.5, 0.6) is 0 Å². The van der Waals surface area contributed by atoms with Gasteiger partial charge in [0.1, 0.15) is 0 Å². The van der Waals surface area contributed by atoms with Crippen LogP contribution in [-0.2, 0) is 11.2 Å². The molecular formula is C16H21N3O2S. The quantitative estimate of drug-likeness (QED) is 0.846. The van der Waals surface area contributed by atoms with Crippen molar-refractivity contribution in [1.29, 1.82) is 0 Å². The molecule has 6 heteroatoms. The molecule has 1 aliphatic carbocycles. The van der Waals surface area contributed by atoms with E-state index in [-0.39, 0.29) is 5.91 Å². The Morgan fingerprint density at radius 1 is 1.36 bits per heavy atom. The van der Waals surface area contributed by atoms with Crippen LogP contribution >= 0.6 is 11.3 Å². The minimum Gasteiger partial charge on any atom is -0.421 e. The molecule has 1 aliphatic rings. The Morgan fingerprint density at radius 3 is 2.91 bits per heavy atom. The molecule has 0 saturated heterocycles. The molecule has 0 unspecified atom stereocenters. The summed E-state index contributed by atoms with van der Waals surface area (Å²) in [4.78, 5) is 14.2. The zero-order valence-corrected chi connectivity index (χ0v) is 13.6. The van der Waals surface area contributed by atoms with Gasteiger partial charge in [-0.15, -0.1) is 10.2 Å². The van der Waals surface area contributed by atoms with E-state index < -0.39 is 0 Å². The summed E-state index contributed by atoms with van der Waals surface area (Å²) in [5, 5.41) is 12.0. The maximum atomic E-state index is 12.3. The second kappa shape index (κ2) is 7.05. The second-order valence-electron chi connectivity index (χ2n) is 5.81. The molecule has 22 heavy (non-hydrogen) atoms. The predicted octanol–water partition coefficient (Wildman–Crippen LogP) is 3.52. The maximum Gasteiger partial charge on any atom is 0.248 e. The normalized spacial score (nSPS) is 15.9. The van der Waals surface area contributed by atoms with Crippen molar-refractivity contribution in [3.63, 3.8) is 0 Å². The molecule has 1 amide bonds. The number of amides is 1. The van der Waals surface area contributed by atoms with Crippen molar-refractivity contribution < 1.29 is 9.21 Å². The molecule has 0 aliphatic heterocycles. The summed E-state index contributed by atoms with van der Waals surface area (Å²) in [6, 6.07) is 2.36. The van der Waals surface area contributed by atoms with Crippen molar-refractivity contribution in [2.75, 3.05) is 7.05 Å². The maximum absolute atomic E-state index is 12.3. The van der Waals surface area contributed by atoms with Crippen LogP contribution in [0.2, 0.25) is 0 Å². The van der Waals surface area contributed by atoms with Crippen LogP contribution in [0.25, 0.3) is 11.5 Å². The summed E-state index contributed by atoms with van der Waals surface area (Å²) in [6.07, 6.45) is 6.96. The highest BCUT2D eigenvalue weighted by Gasteiger charge is 2.22. The summed E-state index contributed by atoms with van der Waals surface area (Å²) in [7, 11) is 1.92. The lowest BCUT2D eigenvalue weighted by Crippen LogP contribution is -2.38. The molecule has 0 spiro atoms. The Balaban J connectivity index is 1.52. The SMILES string of the molecule is CN(C(=O)CCc1nnc(-c2ccsc2)o1)C1CCCCC1. The van der Waals surface area contributed by atoms with E-state index in [9.17, 15) is 4.79 Å². The summed E-state index contributed by atoms with van der Waals surface area (Å²) in [6.45, 7) is 0. The first-order valence-corrected chi connectivity index (χ1v) is 8.79. The van der Waals surface area contributed by atoms with Gasteiger partial charge in [0.2, 0.25) is 17.7 Å². The standard InChI is InChI=1S/C16H21N3O2S/c1-19(13-5-3-2-4-6-13)15(20)8-7-14-17-18-16(21-14)12-9-10-22-11-12/h9-11,13H,2-8H2,1H3. The Morgan fingerprint density at radius 2 is 2.18 bits per heavy atom. The summed E-state index contributed by atoms with van der Waals surface area (Å²) in [5.41, 5.74) is 0.939. The molecule has 2 aromatic rings. The van der Waals surface area contributed by atoms with Gasteiger partial charge in [0.05, 0.1) is 0 Å². The molecule has 2 aromatic heterocycles. The summed E-state index contributed by atoms with van der Waals surface area (Å²) in [5.74, 6) is 1.23. The van der Waals surface area contributed by atoms with Crippen LogP contribution in [0.4, 0.5) is 0 Å². The van der Waals surface area contributed by atoms with Gasteiger partial charge in [0.25, 0.3) is 0 Å². The van der Waals surface area contributed by atoms with Gasteiger partial charge < -0.3 is 9.32 Å². The molecule has 118 valence electrons. The molecule has 0 radical (unpaired) electrons. The van der Waals surface area contributed by atoms with E-state index in [1.54, 1.807) is 11.3 Å². The van der Waals surface area contributed by atoms with Crippen LogP contribution in [0.1, 0.15) is 44.4 Å². The van der Waals surface area contributed by atoms with Crippen molar-refractivity contribution in [2.24, 2.45) is 0 Å². The van der Waals surface area contributed by atoms with Crippen LogP contribution in [0.15, 0.2) is 21.2 Å². The van der Waals surface area contributed by atoms with Gasteiger partial charge in [-0.2, -0.15) is 11.3 Å². The Labute approximate surface area is 134 Å². The molecule has 0 aromatic carbocycles. The highest BCUT2D eigenvalue weighted by atomic mass is 32.1. The number of rotatable bonds is 5. The van der Waals surface area contributed by atoms with Gasteiger partial charge in [0, 0.05) is 36.9 Å². The van der Waals surface area contributed by atoms with Gasteiger partial charge >= 0.3 is 0 Å². The van der Waals surface area contributed by atoms with Crippen LogP contribution in [-0.4, -0.2) is 34.1 Å². The molecule has 1 saturated carbocycles. The smallest absolute Gasteiger partial charge is 0.248 e. The van der Waals surface area contributed by atoms with E-state index in [0.29, 0.717) is 30.7 Å². The lowest BCUT2D eigenvalue weighted by Gasteiger charge is -2.31. The van der Waals surface area contributed by atoms with Gasteiger partial charge in [-0.1, -0.05) is 19.3 Å². The molecule has 5 nitrogen and oxygen atoms in total. The van der Waals surface area contributed by atoms with Crippen LogP contribution in [0.3, 0.4) is 0 Å². The van der Waals surface area contributed by atoms with Crippen LogP contribution < -0.4 is 0 Å². The van der Waals surface area contributed by atoms with Gasteiger partial charge in [0.15, 0.2) is 0 Å². The third-order valence-corrected chi connectivity index (χ3v) is 4.99. The number of aryl methyl sites for hydroxylation is 1. The molecule has 0 N–H and O–H groups in total. The van der Waals surface area contributed by atoms with Crippen molar-refractivity contribution in [3.8, 4) is 11.5 Å². The van der Waals surface area contributed by atoms with E-state index in [0.717, 1.165) is 18.4 Å². The molecule has 0 atom stereocenters. The Kier molecular flexibility index (Phi) is 4.87. The fourth-order valence-electron chi connectivity index (χ4n) is 2.92. The van der Waals surface area contributed by atoms with E-state index in [2.05, 4.69) is 10.2 Å². The fraction of sp³-hybridized carbons (Fsp3) is 0.562. The number of hydrogen-bond donors (Lipinski definition) is 0. The number of nitrogens with zero attached hydrogens (tertiary/aromatic N) is 3. The largest absolute Gasteiger partial charge is 0.421 e. The molecule has 2 heterocycles. The van der Waals surface area contributed by atoms with Gasteiger partial charge in [-0.25, -0.2) is 0 Å². The zero-order valence-electron chi connectivity index (χ0n) is 12.8. The van der Waals surface area contributed by atoms with Gasteiger partial charge in [-0.3, -0.25) is 4.79 Å². The molecule has 1 fully saturated rings. The minimum atomic E-state index is 0.169. The van der Waals surface area contributed by atoms with Crippen LogP contribution in [0, 0.1) is 0 Å². The highest BCUT2D eigenvalue weighted by Crippen LogP contribution is 2.23. The van der Waals surface area contributed by atoms with Gasteiger partial charge in [-0.05, 0) is 24.3 Å². The average molecular weight is 319 g/mol. The number of carbonyl (C=O) groups excluding carboxylic acids is 1. The topological polar surface area (TPSA) is 59.2 Å². The first-order chi connectivity index (χ1) is 10.7. The number of aromatic nitrogens is 2. The third-order valence-electron chi connectivity index (χ3n) is 4.30. The average Bonchev–Trinajstić information content (AvgIpc) is 3.23. The first-order valence-electron chi connectivity index (χ1n) is 7.84. The number of carbonyl (C=O) groups is 1. The van der Waals surface area contributed by atoms with Crippen molar-refractivity contribution in [3.05, 3.63) is 22.7 Å². The van der Waals surface area contributed by atoms with Crippen molar-refractivity contribution in [2.45, 2.75) is 51.0 Å². The Hall–Kier alpha value is -1.69. The van der Waals surface area contributed by atoms with E-state index in [1.807, 2.05) is 28.8 Å². The number of hydrogen-bond acceptors (Lipinski definition) is 5. The zero-order chi connectivity index (χ0) is 15.4. The third kappa shape index (κ3) is 3.55. The molecule has 0 bridgehead atoms. The minimum absolute atomic E-state index is 0.169. The first kappa shape index (κ1) is 15.2. The van der Waals surface area contributed by atoms with Crippen molar-refractivity contribution >= 4 is 17.2 Å². The van der Waals surface area contributed by atoms with E-state index >= 15 is 0 Å². The van der Waals surface area contributed by atoms with E-state index in [4.69, 9.17) is 4.42 Å². The monoisotopic (exact) mass is 319 g/mol. The molecular weight excluding hydrogens is 298 g/mol. The summed E-state index contributed by atoms with van der Waals surface area (Å²) >= 11 is 1.59. The second-order valence-corrected chi connectivity index (χ2v) is 6.59. The Bertz CT molecular complexity index is 603. The predicted molar refractivity (Wildman–Crippen MR) is 85.6 cm³/mol.